The summed E-state index contributed by atoms with van der Waals surface area (Å²) in [5.74, 6) is 0. The highest BCUT2D eigenvalue weighted by Crippen LogP contribution is 2.34. The van der Waals surface area contributed by atoms with E-state index in [9.17, 15) is 0 Å². The Labute approximate surface area is 80.8 Å². The first-order valence-corrected chi connectivity index (χ1v) is 4.68. The molecule has 0 radical (unpaired) electrons. The number of halogens is 1. The molecule has 2 heteroatoms. The van der Waals surface area contributed by atoms with Crippen molar-refractivity contribution in [3.63, 3.8) is 0 Å². The summed E-state index contributed by atoms with van der Waals surface area (Å²) >= 11 is 3.46. The standard InChI is InChI=1S/C10H10BrN/c1-7-5-8-3-4-9(11)6-10(8)12(7)2/h3-4,6H,1,5H2,2H3. The highest BCUT2D eigenvalue weighted by molar-refractivity contribution is 9.10. The molecule has 0 spiro atoms. The highest BCUT2D eigenvalue weighted by atomic mass is 79.9. The summed E-state index contributed by atoms with van der Waals surface area (Å²) in [6.45, 7) is 3.99. The van der Waals surface area contributed by atoms with E-state index in [1.165, 1.54) is 16.9 Å². The molecule has 0 amide bonds. The van der Waals surface area contributed by atoms with Crippen molar-refractivity contribution in [1.82, 2.24) is 0 Å². The van der Waals surface area contributed by atoms with Gasteiger partial charge in [-0.2, -0.15) is 0 Å². The Balaban J connectivity index is 2.55. The lowest BCUT2D eigenvalue weighted by Gasteiger charge is -2.13. The molecule has 12 heavy (non-hydrogen) atoms. The molecule has 1 heterocycles. The third-order valence-electron chi connectivity index (χ3n) is 2.28. The first-order chi connectivity index (χ1) is 5.68. The van der Waals surface area contributed by atoms with Gasteiger partial charge in [0.2, 0.25) is 0 Å². The second-order valence-electron chi connectivity index (χ2n) is 3.08. The zero-order chi connectivity index (χ0) is 8.72. The fraction of sp³-hybridized carbons (Fsp3) is 0.200. The van der Waals surface area contributed by atoms with Crippen LogP contribution in [-0.4, -0.2) is 7.05 Å². The third kappa shape index (κ3) is 1.07. The maximum Gasteiger partial charge on any atom is 0.0453 e. The predicted molar refractivity (Wildman–Crippen MR) is 55.4 cm³/mol. The summed E-state index contributed by atoms with van der Waals surface area (Å²) in [6.07, 6.45) is 0.985. The van der Waals surface area contributed by atoms with Gasteiger partial charge in [-0.25, -0.2) is 0 Å². The number of benzene rings is 1. The zero-order valence-corrected chi connectivity index (χ0v) is 8.56. The summed E-state index contributed by atoms with van der Waals surface area (Å²) in [5.41, 5.74) is 3.81. The number of hydrogen-bond acceptors (Lipinski definition) is 1. The Kier molecular flexibility index (Phi) is 1.72. The third-order valence-corrected chi connectivity index (χ3v) is 2.77. The van der Waals surface area contributed by atoms with Gasteiger partial charge in [-0.3, -0.25) is 0 Å². The van der Waals surface area contributed by atoms with Crippen molar-refractivity contribution in [3.05, 3.63) is 40.5 Å². The molecule has 0 fully saturated rings. The summed E-state index contributed by atoms with van der Waals surface area (Å²) in [7, 11) is 2.06. The van der Waals surface area contributed by atoms with Crippen molar-refractivity contribution in [2.45, 2.75) is 6.42 Å². The van der Waals surface area contributed by atoms with Gasteiger partial charge in [-0.15, -0.1) is 0 Å². The first kappa shape index (κ1) is 7.87. The minimum atomic E-state index is 0.985. The Bertz CT molecular complexity index is 344. The van der Waals surface area contributed by atoms with E-state index in [1.807, 2.05) is 0 Å². The van der Waals surface area contributed by atoms with Crippen LogP contribution in [-0.2, 0) is 6.42 Å². The van der Waals surface area contributed by atoms with Gasteiger partial charge in [-0.1, -0.05) is 28.6 Å². The van der Waals surface area contributed by atoms with E-state index in [-0.39, 0.29) is 0 Å². The topological polar surface area (TPSA) is 3.24 Å². The molecule has 0 bridgehead atoms. The molecule has 2 rings (SSSR count). The second kappa shape index (κ2) is 2.63. The lowest BCUT2D eigenvalue weighted by molar-refractivity contribution is 1.11. The van der Waals surface area contributed by atoms with Crippen LogP contribution in [0.3, 0.4) is 0 Å². The van der Waals surface area contributed by atoms with E-state index >= 15 is 0 Å². The normalized spacial score (nSPS) is 15.2. The molecule has 1 aliphatic heterocycles. The van der Waals surface area contributed by atoms with Gasteiger partial charge < -0.3 is 4.90 Å². The van der Waals surface area contributed by atoms with Gasteiger partial charge in [0.25, 0.3) is 0 Å². The number of fused-ring (bicyclic) bond motifs is 1. The first-order valence-electron chi connectivity index (χ1n) is 3.88. The van der Waals surface area contributed by atoms with Crippen LogP contribution in [0.5, 0.6) is 0 Å². The Hall–Kier alpha value is -0.760. The van der Waals surface area contributed by atoms with Crippen molar-refractivity contribution in [2.75, 3.05) is 11.9 Å². The molecule has 1 aromatic rings. The van der Waals surface area contributed by atoms with Gasteiger partial charge in [0.1, 0.15) is 0 Å². The molecule has 0 saturated carbocycles. The van der Waals surface area contributed by atoms with Gasteiger partial charge in [0.15, 0.2) is 0 Å². The quantitative estimate of drug-likeness (QED) is 0.654. The smallest absolute Gasteiger partial charge is 0.0453 e. The fourth-order valence-corrected chi connectivity index (χ4v) is 1.86. The molecule has 1 aliphatic rings. The van der Waals surface area contributed by atoms with Crippen LogP contribution in [0.15, 0.2) is 34.9 Å². The highest BCUT2D eigenvalue weighted by Gasteiger charge is 2.18. The average molecular weight is 224 g/mol. The van der Waals surface area contributed by atoms with E-state index in [2.05, 4.69) is 52.7 Å². The van der Waals surface area contributed by atoms with E-state index < -0.39 is 0 Å². The summed E-state index contributed by atoms with van der Waals surface area (Å²) in [4.78, 5) is 2.14. The van der Waals surface area contributed by atoms with Crippen LogP contribution < -0.4 is 4.90 Å². The summed E-state index contributed by atoms with van der Waals surface area (Å²) in [6, 6.07) is 6.35. The molecular formula is C10H10BrN. The number of hydrogen-bond donors (Lipinski definition) is 0. The maximum absolute atomic E-state index is 3.99. The van der Waals surface area contributed by atoms with Gasteiger partial charge in [0.05, 0.1) is 0 Å². The number of likely N-dealkylation sites (N-methyl/N-ethyl adjacent to an activating group) is 1. The van der Waals surface area contributed by atoms with Gasteiger partial charge in [0, 0.05) is 29.3 Å². The van der Waals surface area contributed by atoms with E-state index in [1.54, 1.807) is 0 Å². The zero-order valence-electron chi connectivity index (χ0n) is 6.97. The van der Waals surface area contributed by atoms with E-state index in [0.29, 0.717) is 0 Å². The van der Waals surface area contributed by atoms with Crippen LogP contribution in [0.2, 0.25) is 0 Å². The van der Waals surface area contributed by atoms with Crippen LogP contribution in [0.25, 0.3) is 0 Å². The molecule has 0 saturated heterocycles. The van der Waals surface area contributed by atoms with Crippen molar-refractivity contribution >= 4 is 21.6 Å². The molecule has 62 valence electrons. The van der Waals surface area contributed by atoms with Gasteiger partial charge in [-0.05, 0) is 17.7 Å². The molecular weight excluding hydrogens is 214 g/mol. The maximum atomic E-state index is 3.99. The fourth-order valence-electron chi connectivity index (χ4n) is 1.51. The van der Waals surface area contributed by atoms with Crippen molar-refractivity contribution < 1.29 is 0 Å². The average Bonchev–Trinajstić information content (AvgIpc) is 2.31. The minimum absolute atomic E-state index is 0.985. The summed E-state index contributed by atoms with van der Waals surface area (Å²) in [5, 5.41) is 0. The predicted octanol–water partition coefficient (Wildman–Crippen LogP) is 2.96. The summed E-state index contributed by atoms with van der Waals surface area (Å²) < 4.78 is 1.13. The molecule has 0 aliphatic carbocycles. The SMILES string of the molecule is C=C1Cc2ccc(Br)cc2N1C. The van der Waals surface area contributed by atoms with Crippen molar-refractivity contribution in [3.8, 4) is 0 Å². The molecule has 1 aromatic carbocycles. The molecule has 0 atom stereocenters. The van der Waals surface area contributed by atoms with Crippen LogP contribution in [0, 0.1) is 0 Å². The van der Waals surface area contributed by atoms with E-state index in [4.69, 9.17) is 0 Å². The Morgan fingerprint density at radius 1 is 1.50 bits per heavy atom. The molecule has 1 nitrogen and oxygen atoms in total. The molecule has 0 unspecified atom stereocenters. The van der Waals surface area contributed by atoms with Crippen molar-refractivity contribution in [2.24, 2.45) is 0 Å². The Morgan fingerprint density at radius 2 is 2.25 bits per heavy atom. The van der Waals surface area contributed by atoms with Crippen LogP contribution in [0.1, 0.15) is 5.56 Å². The van der Waals surface area contributed by atoms with Crippen molar-refractivity contribution in [1.29, 1.82) is 0 Å². The number of nitrogens with zero attached hydrogens (tertiary/aromatic N) is 1. The number of anilines is 1. The van der Waals surface area contributed by atoms with Crippen LogP contribution >= 0.6 is 15.9 Å². The Morgan fingerprint density at radius 3 is 3.00 bits per heavy atom. The lowest BCUT2D eigenvalue weighted by Crippen LogP contribution is -2.09. The monoisotopic (exact) mass is 223 g/mol. The molecule has 0 N–H and O–H groups in total. The molecule has 0 aromatic heterocycles. The second-order valence-corrected chi connectivity index (χ2v) is 3.99. The minimum Gasteiger partial charge on any atom is -0.348 e. The lowest BCUT2D eigenvalue weighted by atomic mass is 10.1. The van der Waals surface area contributed by atoms with Gasteiger partial charge >= 0.3 is 0 Å². The largest absolute Gasteiger partial charge is 0.348 e. The number of rotatable bonds is 0. The van der Waals surface area contributed by atoms with E-state index in [0.717, 1.165) is 10.9 Å². The van der Waals surface area contributed by atoms with Crippen LogP contribution in [0.4, 0.5) is 5.69 Å². The number of allylic oxidation sites excluding steroid dienone is 1.